The normalized spacial score (nSPS) is 13.4. The Hall–Kier alpha value is -2.60. The fraction of sp³-hybridized carbons (Fsp3) is 0.500. The van der Waals surface area contributed by atoms with Crippen molar-refractivity contribution in [2.45, 2.75) is 113 Å². The second-order valence-electron chi connectivity index (χ2n) is 15.1. The molecule has 3 aromatic rings. The molecule has 4 rings (SSSR count). The Kier molecular flexibility index (Phi) is 16.8. The number of benzene rings is 3. The van der Waals surface area contributed by atoms with Crippen LogP contribution in [0.3, 0.4) is 0 Å². The molecule has 1 amide bonds. The van der Waals surface area contributed by atoms with Crippen LogP contribution in [0.1, 0.15) is 135 Å². The molecule has 2 N–H and O–H groups in total. The van der Waals surface area contributed by atoms with Crippen LogP contribution in [0.25, 0.3) is 0 Å². The Morgan fingerprint density at radius 3 is 1.61 bits per heavy atom. The summed E-state index contributed by atoms with van der Waals surface area (Å²) in [6.07, 6.45) is -0.313. The van der Waals surface area contributed by atoms with Crippen LogP contribution >= 0.6 is 19.4 Å². The van der Waals surface area contributed by atoms with Crippen LogP contribution in [0.5, 0.6) is 5.75 Å². The molecular formula is C42H61Cl2N3O3Ru. The van der Waals surface area contributed by atoms with Gasteiger partial charge in [-0.25, -0.2) is 0 Å². The van der Waals surface area contributed by atoms with Gasteiger partial charge in [-0.15, -0.1) is 0 Å². The van der Waals surface area contributed by atoms with Crippen LogP contribution in [-0.2, 0) is 18.3 Å². The maximum atomic E-state index is 11.7. The smallest absolute Gasteiger partial charge is 0.0156 e. The van der Waals surface area contributed by atoms with Gasteiger partial charge in [-0.1, -0.05) is 91.8 Å². The molecule has 51 heavy (non-hydrogen) atoms. The van der Waals surface area contributed by atoms with Crippen LogP contribution in [0.15, 0.2) is 54.6 Å². The number of para-hydroxylation sites is 2. The van der Waals surface area contributed by atoms with Crippen molar-refractivity contribution in [2.75, 3.05) is 34.8 Å². The molecule has 0 spiro atoms. The minimum atomic E-state index is -1.98. The molecule has 0 aliphatic carbocycles. The van der Waals surface area contributed by atoms with Crippen molar-refractivity contribution in [3.63, 3.8) is 0 Å². The van der Waals surface area contributed by atoms with Crippen molar-refractivity contribution >= 4 is 47.1 Å². The van der Waals surface area contributed by atoms with Crippen LogP contribution < -0.4 is 15.1 Å². The number of aliphatic hydroxyl groups is 1. The average molecular weight is 828 g/mol. The predicted octanol–water partition coefficient (Wildman–Crippen LogP) is 12.2. The molecule has 9 heteroatoms. The van der Waals surface area contributed by atoms with E-state index in [-0.39, 0.29) is 6.10 Å². The largest absolute Gasteiger partial charge is 0.502 e. The number of nitrogens with one attached hydrogen (secondary N) is 1. The molecule has 0 unspecified atom stereocenters. The van der Waals surface area contributed by atoms with E-state index in [1.54, 1.807) is 6.07 Å². The van der Waals surface area contributed by atoms with Gasteiger partial charge in [0.05, 0.1) is 0 Å². The summed E-state index contributed by atoms with van der Waals surface area (Å²) in [4.78, 5) is 16.7. The first-order valence-corrected chi connectivity index (χ1v) is 23.7. The number of ether oxygens (including phenoxy) is 2. The predicted molar refractivity (Wildman–Crippen MR) is 218 cm³/mol. The number of aromatic hydroxyl groups is 1. The zero-order chi connectivity index (χ0) is 38.0. The van der Waals surface area contributed by atoms with E-state index in [1.807, 2.05) is 44.4 Å². The number of carbonyl (C=O) groups is 1. The van der Waals surface area contributed by atoms with E-state index in [1.165, 1.54) is 33.6 Å². The molecule has 3 aromatic carbocycles. The minimum Gasteiger partial charge on any atom is -0.502 e. The Labute approximate surface area is 321 Å². The van der Waals surface area contributed by atoms with Gasteiger partial charge in [0.1, 0.15) is 0 Å². The average Bonchev–Trinajstić information content (AvgIpc) is 3.53. The minimum absolute atomic E-state index is 0.160. The third-order valence-electron chi connectivity index (χ3n) is 8.53. The Balaban J connectivity index is 0.000000287. The zero-order valence-corrected chi connectivity index (χ0v) is 36.0. The van der Waals surface area contributed by atoms with Gasteiger partial charge in [-0.05, 0) is 45.9 Å². The SMILES string of the molecule is CC(C)COC(=O)Nc1ccc([OH+]C(C)C)c([CH]=[Ru]([Cl])[Cl])c1.CC(C)c1cccc(C(C)C)c1N1[CH-]N(c2c(C(C)C)cccc2C(C)C)CC1. The molecule has 0 bridgehead atoms. The Morgan fingerprint density at radius 2 is 1.24 bits per heavy atom. The molecule has 1 saturated heterocycles. The van der Waals surface area contributed by atoms with Crippen molar-refractivity contribution < 1.29 is 27.8 Å². The van der Waals surface area contributed by atoms with Crippen molar-refractivity contribution in [2.24, 2.45) is 5.92 Å². The number of carbonyl (C=O) groups excluding carboxylic acids is 1. The molecule has 6 nitrogen and oxygen atoms in total. The van der Waals surface area contributed by atoms with Crippen molar-refractivity contribution in [3.8, 4) is 5.75 Å². The fourth-order valence-corrected chi connectivity index (χ4v) is 7.91. The Morgan fingerprint density at radius 1 is 0.784 bits per heavy atom. The van der Waals surface area contributed by atoms with E-state index < -0.39 is 19.6 Å². The standard InChI is InChI=1S/C27H39N2.C15H21NO3.2ClH.Ru/c1-18(2)22-11-9-12-23(19(3)4)26(22)28-15-16-29(17-28)27-24(20(5)6)13-10-14-25(27)21(7)8;1-10(2)9-18-15(17)16-13-6-7-14(12(5)8-13)19-11(3)4;;;/h9-14,17-21H,15-16H2,1-8H3;5-8,10-11H,9H2,1-4H3,(H,16,17);2*1H;/q-1;;;;+2/p-1. The van der Waals surface area contributed by atoms with E-state index in [0.717, 1.165) is 24.4 Å². The van der Waals surface area contributed by atoms with Gasteiger partial charge < -0.3 is 9.80 Å². The van der Waals surface area contributed by atoms with Gasteiger partial charge >= 0.3 is 145 Å². The van der Waals surface area contributed by atoms with Gasteiger partial charge in [-0.3, -0.25) is 0 Å². The van der Waals surface area contributed by atoms with Gasteiger partial charge in [0.15, 0.2) is 0 Å². The van der Waals surface area contributed by atoms with Crippen LogP contribution in [0.2, 0.25) is 0 Å². The number of hydrogen-bond acceptors (Lipinski definition) is 4. The number of amides is 1. The maximum absolute atomic E-state index is 11.7. The third-order valence-corrected chi connectivity index (χ3v) is 10.4. The summed E-state index contributed by atoms with van der Waals surface area (Å²) in [5, 5.41) is 2.70. The number of rotatable bonds is 12. The first kappa shape index (κ1) is 42.8. The molecule has 0 atom stereocenters. The molecule has 284 valence electrons. The van der Waals surface area contributed by atoms with E-state index >= 15 is 0 Å². The number of hydrogen-bond donors (Lipinski definition) is 1. The van der Waals surface area contributed by atoms with Crippen molar-refractivity contribution in [1.82, 2.24) is 0 Å². The topological polar surface area (TPSA) is 57.6 Å². The van der Waals surface area contributed by atoms with Crippen LogP contribution in [0, 0.1) is 12.6 Å². The first-order chi connectivity index (χ1) is 24.0. The Bertz CT molecular complexity index is 1490. The van der Waals surface area contributed by atoms with Crippen LogP contribution in [0.4, 0.5) is 21.9 Å². The summed E-state index contributed by atoms with van der Waals surface area (Å²) in [7, 11) is 11.9. The van der Waals surface area contributed by atoms with Gasteiger partial charge in [-0.2, -0.15) is 6.67 Å². The molecule has 1 aliphatic heterocycles. The second-order valence-corrected chi connectivity index (χ2v) is 20.8. The monoisotopic (exact) mass is 827 g/mol. The van der Waals surface area contributed by atoms with E-state index in [4.69, 9.17) is 24.1 Å². The van der Waals surface area contributed by atoms with Crippen LogP contribution in [-0.4, -0.2) is 41.2 Å². The number of nitrogens with zero attached hydrogens (tertiary/aromatic N) is 2. The van der Waals surface area contributed by atoms with E-state index in [2.05, 4.69) is 118 Å². The van der Waals surface area contributed by atoms with E-state index in [9.17, 15) is 4.79 Å². The molecule has 0 saturated carbocycles. The zero-order valence-electron chi connectivity index (χ0n) is 32.7. The second kappa shape index (κ2) is 20.0. The maximum Gasteiger partial charge on any atom is 0.0156 e. The number of halogens is 2. The molecule has 0 aromatic heterocycles. The molecule has 1 heterocycles. The summed E-state index contributed by atoms with van der Waals surface area (Å²) in [6.45, 7) is 31.2. The summed E-state index contributed by atoms with van der Waals surface area (Å²) >= 11 is -1.98. The van der Waals surface area contributed by atoms with Gasteiger partial charge in [0.2, 0.25) is 0 Å². The fourth-order valence-electron chi connectivity index (χ4n) is 6.11. The quantitative estimate of drug-likeness (QED) is 0.0855. The summed E-state index contributed by atoms with van der Waals surface area (Å²) in [5.74, 6) is 3.17. The van der Waals surface area contributed by atoms with Gasteiger partial charge in [0.25, 0.3) is 0 Å². The summed E-state index contributed by atoms with van der Waals surface area (Å²) in [5.41, 5.74) is 10.1. The summed E-state index contributed by atoms with van der Waals surface area (Å²) < 4.78 is 11.4. The first-order valence-electron chi connectivity index (χ1n) is 18.3. The third kappa shape index (κ3) is 12.5. The molecular weight excluding hydrogens is 766 g/mol. The number of anilines is 3. The van der Waals surface area contributed by atoms with Gasteiger partial charge in [0, 0.05) is 24.5 Å². The van der Waals surface area contributed by atoms with Crippen molar-refractivity contribution in [1.29, 1.82) is 0 Å². The molecule has 1 fully saturated rings. The molecule has 0 radical (unpaired) electrons. The van der Waals surface area contributed by atoms with E-state index in [0.29, 0.717) is 41.9 Å². The molecule has 1 aliphatic rings. The summed E-state index contributed by atoms with van der Waals surface area (Å²) in [6, 6.07) is 19.1. The van der Waals surface area contributed by atoms with Crippen molar-refractivity contribution in [3.05, 3.63) is 89.1 Å².